The Hall–Kier alpha value is -2.21. The molecule has 2 heterocycles. The maximum atomic E-state index is 13.5. The first-order chi connectivity index (χ1) is 11.1. The molecule has 4 nitrogen and oxygen atoms in total. The highest BCUT2D eigenvalue weighted by molar-refractivity contribution is 7.09. The van der Waals surface area contributed by atoms with Crippen LogP contribution in [0.25, 0.3) is 0 Å². The number of benzene rings is 1. The normalized spacial score (nSPS) is 20.8. The van der Waals surface area contributed by atoms with Crippen LogP contribution in [0.4, 0.5) is 4.39 Å². The molecule has 0 aliphatic carbocycles. The van der Waals surface area contributed by atoms with Gasteiger partial charge < -0.3 is 10.2 Å². The van der Waals surface area contributed by atoms with Crippen LogP contribution >= 0.6 is 11.3 Å². The number of nitrogens with one attached hydrogen (secondary N) is 1. The van der Waals surface area contributed by atoms with Crippen LogP contribution in [0.15, 0.2) is 41.8 Å². The van der Waals surface area contributed by atoms with Gasteiger partial charge in [0.05, 0.1) is 18.5 Å². The predicted octanol–water partition coefficient (Wildman–Crippen LogP) is 2.72. The number of amides is 2. The smallest absolute Gasteiger partial charge is 0.226 e. The van der Waals surface area contributed by atoms with E-state index in [9.17, 15) is 14.0 Å². The molecule has 120 valence electrons. The van der Waals surface area contributed by atoms with Gasteiger partial charge in [-0.25, -0.2) is 4.39 Å². The lowest BCUT2D eigenvalue weighted by molar-refractivity contribution is -0.128. The van der Waals surface area contributed by atoms with E-state index in [1.807, 2.05) is 17.5 Å². The lowest BCUT2D eigenvalue weighted by atomic mass is 9.93. The quantitative estimate of drug-likeness (QED) is 0.936. The zero-order valence-electron chi connectivity index (χ0n) is 12.7. The molecule has 1 aliphatic heterocycles. The van der Waals surface area contributed by atoms with E-state index in [0.29, 0.717) is 12.1 Å². The van der Waals surface area contributed by atoms with Crippen molar-refractivity contribution in [3.05, 3.63) is 58.0 Å². The molecule has 0 spiro atoms. The minimum absolute atomic E-state index is 0.101. The first-order valence-electron chi connectivity index (χ1n) is 7.37. The van der Waals surface area contributed by atoms with E-state index >= 15 is 0 Å². The van der Waals surface area contributed by atoms with E-state index in [1.54, 1.807) is 30.5 Å². The number of nitrogens with zero attached hydrogens (tertiary/aromatic N) is 1. The second kappa shape index (κ2) is 6.50. The maximum absolute atomic E-state index is 13.5. The van der Waals surface area contributed by atoms with E-state index in [1.165, 1.54) is 17.0 Å². The van der Waals surface area contributed by atoms with Crippen molar-refractivity contribution < 1.29 is 14.0 Å². The molecule has 2 atom stereocenters. The molecule has 1 aromatic heterocycles. The highest BCUT2D eigenvalue weighted by Gasteiger charge is 2.42. The fraction of sp³-hybridized carbons (Fsp3) is 0.294. The molecular weight excluding hydrogens is 315 g/mol. The van der Waals surface area contributed by atoms with Gasteiger partial charge in [-0.05, 0) is 29.1 Å². The number of thiophene rings is 1. The zero-order valence-corrected chi connectivity index (χ0v) is 13.5. The summed E-state index contributed by atoms with van der Waals surface area (Å²) in [5, 5.41) is 4.83. The predicted molar refractivity (Wildman–Crippen MR) is 86.2 cm³/mol. The highest BCUT2D eigenvalue weighted by atomic mass is 32.1. The fourth-order valence-corrected chi connectivity index (χ4v) is 3.61. The van der Waals surface area contributed by atoms with Gasteiger partial charge in [-0.3, -0.25) is 9.59 Å². The van der Waals surface area contributed by atoms with Gasteiger partial charge in [0.2, 0.25) is 11.8 Å². The Morgan fingerprint density at radius 3 is 2.91 bits per heavy atom. The van der Waals surface area contributed by atoms with Crippen molar-refractivity contribution in [1.82, 2.24) is 10.2 Å². The molecule has 1 N–H and O–H groups in total. The van der Waals surface area contributed by atoms with Crippen LogP contribution < -0.4 is 5.32 Å². The van der Waals surface area contributed by atoms with E-state index < -0.39 is 12.0 Å². The average molecular weight is 332 g/mol. The molecular formula is C17H17FN2O2S. The van der Waals surface area contributed by atoms with Crippen LogP contribution in [0, 0.1) is 11.7 Å². The van der Waals surface area contributed by atoms with Crippen molar-refractivity contribution in [3.8, 4) is 0 Å². The molecule has 1 aromatic carbocycles. The van der Waals surface area contributed by atoms with Gasteiger partial charge in [-0.15, -0.1) is 11.3 Å². The largest absolute Gasteiger partial charge is 0.351 e. The second-order valence-electron chi connectivity index (χ2n) is 5.61. The molecule has 0 saturated carbocycles. The summed E-state index contributed by atoms with van der Waals surface area (Å²) >= 11 is 1.57. The number of halogens is 1. The van der Waals surface area contributed by atoms with E-state index in [2.05, 4.69) is 5.32 Å². The summed E-state index contributed by atoms with van der Waals surface area (Å²) in [6.45, 7) is 0.445. The number of rotatable bonds is 4. The molecule has 2 amide bonds. The number of carbonyl (C=O) groups is 2. The topological polar surface area (TPSA) is 49.4 Å². The molecule has 23 heavy (non-hydrogen) atoms. The average Bonchev–Trinajstić information content (AvgIpc) is 3.14. The number of likely N-dealkylation sites (tertiary alicyclic amines) is 1. The van der Waals surface area contributed by atoms with Gasteiger partial charge in [0.25, 0.3) is 0 Å². The summed E-state index contributed by atoms with van der Waals surface area (Å²) in [6.07, 6.45) is 0.147. The third-order valence-electron chi connectivity index (χ3n) is 4.13. The van der Waals surface area contributed by atoms with Crippen LogP contribution in [0.2, 0.25) is 0 Å². The Balaban J connectivity index is 1.78. The van der Waals surface area contributed by atoms with Gasteiger partial charge in [-0.2, -0.15) is 0 Å². The molecule has 3 rings (SSSR count). The lowest BCUT2D eigenvalue weighted by Gasteiger charge is -2.25. The van der Waals surface area contributed by atoms with E-state index in [-0.39, 0.29) is 24.1 Å². The third-order valence-corrected chi connectivity index (χ3v) is 5.01. The Morgan fingerprint density at radius 2 is 2.22 bits per heavy atom. The van der Waals surface area contributed by atoms with Crippen molar-refractivity contribution in [3.63, 3.8) is 0 Å². The fourth-order valence-electron chi connectivity index (χ4n) is 2.97. The summed E-state index contributed by atoms with van der Waals surface area (Å²) in [5.41, 5.74) is 0.648. The molecule has 0 bridgehead atoms. The highest BCUT2D eigenvalue weighted by Crippen LogP contribution is 2.37. The van der Waals surface area contributed by atoms with Crippen molar-refractivity contribution in [2.75, 3.05) is 7.05 Å². The Morgan fingerprint density at radius 1 is 1.39 bits per heavy atom. The molecule has 1 saturated heterocycles. The van der Waals surface area contributed by atoms with Crippen molar-refractivity contribution in [2.24, 2.45) is 5.92 Å². The summed E-state index contributed by atoms with van der Waals surface area (Å²) in [6, 6.07) is 9.53. The van der Waals surface area contributed by atoms with Crippen molar-refractivity contribution >= 4 is 23.2 Å². The standard InChI is InChI=1S/C17H17FN2O2S/c1-20-15(21)9-14(16(20)11-4-2-5-12(18)8-11)17(22)19-10-13-6-3-7-23-13/h2-8,14,16H,9-10H2,1H3,(H,19,22)/t14-,16-/m0/s1. The van der Waals surface area contributed by atoms with Gasteiger partial charge in [0.15, 0.2) is 0 Å². The van der Waals surface area contributed by atoms with Gasteiger partial charge in [0.1, 0.15) is 5.82 Å². The summed E-state index contributed by atoms with van der Waals surface area (Å²) in [5.74, 6) is -1.15. The summed E-state index contributed by atoms with van der Waals surface area (Å²) in [7, 11) is 1.66. The molecule has 0 radical (unpaired) electrons. The number of hydrogen-bond acceptors (Lipinski definition) is 3. The van der Waals surface area contributed by atoms with Crippen LogP contribution in [-0.2, 0) is 16.1 Å². The van der Waals surface area contributed by atoms with Gasteiger partial charge >= 0.3 is 0 Å². The van der Waals surface area contributed by atoms with Crippen LogP contribution in [0.5, 0.6) is 0 Å². The van der Waals surface area contributed by atoms with Crippen LogP contribution in [0.3, 0.4) is 0 Å². The van der Waals surface area contributed by atoms with Gasteiger partial charge in [-0.1, -0.05) is 18.2 Å². The molecule has 6 heteroatoms. The SMILES string of the molecule is CN1C(=O)C[C@H](C(=O)NCc2cccs2)[C@@H]1c1cccc(F)c1. The third kappa shape index (κ3) is 3.27. The van der Waals surface area contributed by atoms with Crippen LogP contribution in [0.1, 0.15) is 22.9 Å². The summed E-state index contributed by atoms with van der Waals surface area (Å²) in [4.78, 5) is 27.2. The first kappa shape index (κ1) is 15.7. The zero-order chi connectivity index (χ0) is 16.4. The Labute approximate surface area is 137 Å². The molecule has 0 unspecified atom stereocenters. The van der Waals surface area contributed by atoms with E-state index in [0.717, 1.165) is 4.88 Å². The first-order valence-corrected chi connectivity index (χ1v) is 8.25. The minimum Gasteiger partial charge on any atom is -0.351 e. The number of carbonyl (C=O) groups excluding carboxylic acids is 2. The monoisotopic (exact) mass is 332 g/mol. The lowest BCUT2D eigenvalue weighted by Crippen LogP contribution is -2.34. The Kier molecular flexibility index (Phi) is 4.43. The van der Waals surface area contributed by atoms with Gasteiger partial charge in [0, 0.05) is 18.3 Å². The van der Waals surface area contributed by atoms with Crippen molar-refractivity contribution in [1.29, 1.82) is 0 Å². The van der Waals surface area contributed by atoms with Crippen LogP contribution in [-0.4, -0.2) is 23.8 Å². The molecule has 1 fully saturated rings. The Bertz CT molecular complexity index is 717. The van der Waals surface area contributed by atoms with Crippen molar-refractivity contribution in [2.45, 2.75) is 19.0 Å². The number of hydrogen-bond donors (Lipinski definition) is 1. The minimum atomic E-state index is -0.505. The maximum Gasteiger partial charge on any atom is 0.226 e. The second-order valence-corrected chi connectivity index (χ2v) is 6.64. The molecule has 1 aliphatic rings. The summed E-state index contributed by atoms with van der Waals surface area (Å²) < 4.78 is 13.5. The molecule has 2 aromatic rings. The van der Waals surface area contributed by atoms with E-state index in [4.69, 9.17) is 0 Å².